The standard InChI is InChI=1S/C10H15NO/c1-7-5-3-4-6-9(7)10(11)8(2)12/h3-6,8,10,12H,11H2,1-2H3/t8-,10-/m0/s1. The predicted molar refractivity (Wildman–Crippen MR) is 49.8 cm³/mol. The maximum atomic E-state index is 9.27. The first-order valence-corrected chi connectivity index (χ1v) is 4.12. The molecular weight excluding hydrogens is 150 g/mol. The first-order chi connectivity index (χ1) is 5.63. The maximum Gasteiger partial charge on any atom is 0.0704 e. The van der Waals surface area contributed by atoms with Crippen LogP contribution >= 0.6 is 0 Å². The Labute approximate surface area is 73.0 Å². The molecule has 0 bridgehead atoms. The van der Waals surface area contributed by atoms with Crippen LogP contribution in [0, 0.1) is 6.92 Å². The Hall–Kier alpha value is -0.860. The summed E-state index contributed by atoms with van der Waals surface area (Å²) in [6, 6.07) is 7.58. The highest BCUT2D eigenvalue weighted by atomic mass is 16.3. The fraction of sp³-hybridized carbons (Fsp3) is 0.400. The van der Waals surface area contributed by atoms with Crippen LogP contribution in [0.2, 0.25) is 0 Å². The summed E-state index contributed by atoms with van der Waals surface area (Å²) < 4.78 is 0. The lowest BCUT2D eigenvalue weighted by Gasteiger charge is -2.16. The summed E-state index contributed by atoms with van der Waals surface area (Å²) in [6.45, 7) is 3.70. The van der Waals surface area contributed by atoms with Crippen LogP contribution in [-0.4, -0.2) is 11.2 Å². The third-order valence-electron chi connectivity index (χ3n) is 2.07. The molecule has 66 valence electrons. The number of hydrogen-bond donors (Lipinski definition) is 2. The van der Waals surface area contributed by atoms with Gasteiger partial charge in [-0.2, -0.15) is 0 Å². The van der Waals surface area contributed by atoms with Crippen LogP contribution < -0.4 is 5.73 Å². The van der Waals surface area contributed by atoms with Crippen LogP contribution in [0.15, 0.2) is 24.3 Å². The Kier molecular flexibility index (Phi) is 2.84. The Morgan fingerprint density at radius 3 is 2.42 bits per heavy atom. The van der Waals surface area contributed by atoms with Gasteiger partial charge in [-0.25, -0.2) is 0 Å². The Morgan fingerprint density at radius 2 is 1.92 bits per heavy atom. The van der Waals surface area contributed by atoms with Gasteiger partial charge in [-0.05, 0) is 25.0 Å². The van der Waals surface area contributed by atoms with Gasteiger partial charge in [0.05, 0.1) is 12.1 Å². The molecule has 0 spiro atoms. The van der Waals surface area contributed by atoms with Crippen LogP contribution in [0.1, 0.15) is 24.1 Å². The van der Waals surface area contributed by atoms with E-state index in [0.717, 1.165) is 11.1 Å². The van der Waals surface area contributed by atoms with Gasteiger partial charge in [-0.3, -0.25) is 0 Å². The molecule has 12 heavy (non-hydrogen) atoms. The smallest absolute Gasteiger partial charge is 0.0704 e. The topological polar surface area (TPSA) is 46.2 Å². The van der Waals surface area contributed by atoms with Gasteiger partial charge in [0.1, 0.15) is 0 Å². The van der Waals surface area contributed by atoms with Crippen molar-refractivity contribution in [3.05, 3.63) is 35.4 Å². The fourth-order valence-corrected chi connectivity index (χ4v) is 1.22. The van der Waals surface area contributed by atoms with Gasteiger partial charge in [0.15, 0.2) is 0 Å². The zero-order chi connectivity index (χ0) is 9.14. The quantitative estimate of drug-likeness (QED) is 0.695. The van der Waals surface area contributed by atoms with E-state index in [0.29, 0.717) is 0 Å². The van der Waals surface area contributed by atoms with Crippen LogP contribution in [0.5, 0.6) is 0 Å². The van der Waals surface area contributed by atoms with Crippen molar-refractivity contribution in [3.8, 4) is 0 Å². The predicted octanol–water partition coefficient (Wildman–Crippen LogP) is 1.38. The number of benzene rings is 1. The van der Waals surface area contributed by atoms with Gasteiger partial charge in [0.2, 0.25) is 0 Å². The molecular formula is C10H15NO. The van der Waals surface area contributed by atoms with Crippen molar-refractivity contribution in [3.63, 3.8) is 0 Å². The largest absolute Gasteiger partial charge is 0.391 e. The molecule has 0 unspecified atom stereocenters. The van der Waals surface area contributed by atoms with E-state index < -0.39 is 6.10 Å². The van der Waals surface area contributed by atoms with Crippen molar-refractivity contribution in [1.29, 1.82) is 0 Å². The number of rotatable bonds is 2. The minimum absolute atomic E-state index is 0.272. The number of aliphatic hydroxyl groups excluding tert-OH is 1. The van der Waals surface area contributed by atoms with Crippen LogP contribution in [0.4, 0.5) is 0 Å². The summed E-state index contributed by atoms with van der Waals surface area (Å²) in [6.07, 6.45) is -0.494. The molecule has 0 aliphatic heterocycles. The minimum atomic E-state index is -0.494. The summed E-state index contributed by atoms with van der Waals surface area (Å²) in [4.78, 5) is 0. The lowest BCUT2D eigenvalue weighted by Crippen LogP contribution is -2.23. The van der Waals surface area contributed by atoms with Gasteiger partial charge in [-0.1, -0.05) is 24.3 Å². The molecule has 2 nitrogen and oxygen atoms in total. The van der Waals surface area contributed by atoms with E-state index in [2.05, 4.69) is 0 Å². The zero-order valence-corrected chi connectivity index (χ0v) is 7.49. The molecule has 0 radical (unpaired) electrons. The van der Waals surface area contributed by atoms with Crippen molar-refractivity contribution in [2.45, 2.75) is 26.0 Å². The number of nitrogens with two attached hydrogens (primary N) is 1. The number of hydrogen-bond acceptors (Lipinski definition) is 2. The average molecular weight is 165 g/mol. The molecule has 0 fully saturated rings. The summed E-state index contributed by atoms with van der Waals surface area (Å²) in [5.74, 6) is 0. The second-order valence-corrected chi connectivity index (χ2v) is 3.12. The molecule has 0 aliphatic carbocycles. The van der Waals surface area contributed by atoms with Gasteiger partial charge in [0.25, 0.3) is 0 Å². The molecule has 0 aromatic heterocycles. The summed E-state index contributed by atoms with van der Waals surface area (Å²) >= 11 is 0. The third kappa shape index (κ3) is 1.84. The first kappa shape index (κ1) is 9.23. The highest BCUT2D eigenvalue weighted by molar-refractivity contribution is 5.28. The normalized spacial score (nSPS) is 15.7. The maximum absolute atomic E-state index is 9.27. The monoisotopic (exact) mass is 165 g/mol. The molecule has 0 amide bonds. The van der Waals surface area contributed by atoms with E-state index in [4.69, 9.17) is 5.73 Å². The molecule has 2 heteroatoms. The third-order valence-corrected chi connectivity index (χ3v) is 2.07. The van der Waals surface area contributed by atoms with E-state index in [9.17, 15) is 5.11 Å². The van der Waals surface area contributed by atoms with Gasteiger partial charge < -0.3 is 10.8 Å². The Morgan fingerprint density at radius 1 is 1.33 bits per heavy atom. The molecule has 3 N–H and O–H groups in total. The lowest BCUT2D eigenvalue weighted by atomic mass is 9.99. The Balaban J connectivity index is 2.94. The summed E-state index contributed by atoms with van der Waals surface area (Å²) in [5.41, 5.74) is 7.94. The lowest BCUT2D eigenvalue weighted by molar-refractivity contribution is 0.164. The van der Waals surface area contributed by atoms with Crippen LogP contribution in [-0.2, 0) is 0 Å². The van der Waals surface area contributed by atoms with Crippen LogP contribution in [0.25, 0.3) is 0 Å². The molecule has 0 saturated heterocycles. The van der Waals surface area contributed by atoms with Crippen LogP contribution in [0.3, 0.4) is 0 Å². The second kappa shape index (κ2) is 3.70. The van der Waals surface area contributed by atoms with Crippen molar-refractivity contribution in [2.75, 3.05) is 0 Å². The molecule has 2 atom stereocenters. The molecule has 1 rings (SSSR count). The SMILES string of the molecule is Cc1ccccc1[C@@H](N)[C@H](C)O. The van der Waals surface area contributed by atoms with E-state index in [-0.39, 0.29) is 6.04 Å². The van der Waals surface area contributed by atoms with E-state index in [1.165, 1.54) is 0 Å². The Bertz CT molecular complexity index is 258. The molecule has 0 saturated carbocycles. The van der Waals surface area contributed by atoms with Crippen molar-refractivity contribution < 1.29 is 5.11 Å². The summed E-state index contributed by atoms with van der Waals surface area (Å²) in [7, 11) is 0. The average Bonchev–Trinajstić information content (AvgIpc) is 2.04. The van der Waals surface area contributed by atoms with E-state index in [1.807, 2.05) is 31.2 Å². The molecule has 0 aliphatic rings. The van der Waals surface area contributed by atoms with Crippen molar-refractivity contribution in [1.82, 2.24) is 0 Å². The number of aryl methyl sites for hydroxylation is 1. The van der Waals surface area contributed by atoms with E-state index in [1.54, 1.807) is 6.92 Å². The van der Waals surface area contributed by atoms with E-state index >= 15 is 0 Å². The van der Waals surface area contributed by atoms with Gasteiger partial charge in [0, 0.05) is 0 Å². The fourth-order valence-electron chi connectivity index (χ4n) is 1.22. The highest BCUT2D eigenvalue weighted by Gasteiger charge is 2.12. The van der Waals surface area contributed by atoms with Crippen molar-refractivity contribution >= 4 is 0 Å². The molecule has 1 aromatic carbocycles. The van der Waals surface area contributed by atoms with Crippen molar-refractivity contribution in [2.24, 2.45) is 5.73 Å². The zero-order valence-electron chi connectivity index (χ0n) is 7.49. The van der Waals surface area contributed by atoms with Gasteiger partial charge in [-0.15, -0.1) is 0 Å². The minimum Gasteiger partial charge on any atom is -0.391 e. The number of aliphatic hydroxyl groups is 1. The highest BCUT2D eigenvalue weighted by Crippen LogP contribution is 2.17. The first-order valence-electron chi connectivity index (χ1n) is 4.12. The van der Waals surface area contributed by atoms with Gasteiger partial charge >= 0.3 is 0 Å². The molecule has 0 heterocycles. The second-order valence-electron chi connectivity index (χ2n) is 3.12. The molecule has 1 aromatic rings. The summed E-state index contributed by atoms with van der Waals surface area (Å²) in [5, 5.41) is 9.27.